The van der Waals surface area contributed by atoms with Crippen LogP contribution in [0.15, 0.2) is 27.7 Å². The molecule has 0 fully saturated rings. The maximum atomic E-state index is 9.81. The van der Waals surface area contributed by atoms with E-state index in [0.29, 0.717) is 27.7 Å². The predicted molar refractivity (Wildman–Crippen MR) is 66.3 cm³/mol. The van der Waals surface area contributed by atoms with Crippen LogP contribution in [0.2, 0.25) is 5.02 Å². The van der Waals surface area contributed by atoms with Gasteiger partial charge in [0.1, 0.15) is 11.5 Å². The number of nitrogens with zero attached hydrogens (tertiary/aromatic N) is 2. The van der Waals surface area contributed by atoms with Crippen molar-refractivity contribution in [1.29, 1.82) is 0 Å². The molecule has 0 aliphatic heterocycles. The Hall–Kier alpha value is -1.81. The fourth-order valence-electron chi connectivity index (χ4n) is 1.41. The largest absolute Gasteiger partial charge is 0.507 e. The van der Waals surface area contributed by atoms with Gasteiger partial charge in [-0.3, -0.25) is 0 Å². The molecule has 17 heavy (non-hydrogen) atoms. The normalized spacial score (nSPS) is 11.2. The Morgan fingerprint density at radius 1 is 1.35 bits per heavy atom. The van der Waals surface area contributed by atoms with Crippen LogP contribution in [0, 0.1) is 13.8 Å². The maximum absolute atomic E-state index is 9.81. The third-order valence-corrected chi connectivity index (χ3v) is 2.46. The van der Waals surface area contributed by atoms with Gasteiger partial charge in [0.2, 0.25) is 0 Å². The molecule has 0 aliphatic carbocycles. The van der Waals surface area contributed by atoms with E-state index in [2.05, 4.69) is 10.1 Å². The molecule has 0 radical (unpaired) electrons. The van der Waals surface area contributed by atoms with E-state index in [4.69, 9.17) is 16.1 Å². The highest BCUT2D eigenvalue weighted by molar-refractivity contribution is 6.31. The van der Waals surface area contributed by atoms with Crippen molar-refractivity contribution >= 4 is 23.6 Å². The number of aliphatic imine (C=N–C) groups is 1. The molecule has 0 atom stereocenters. The lowest BCUT2D eigenvalue weighted by Gasteiger charge is -2.03. The zero-order valence-corrected chi connectivity index (χ0v) is 10.2. The Balaban J connectivity index is 2.33. The summed E-state index contributed by atoms with van der Waals surface area (Å²) < 4.78 is 4.88. The Bertz CT molecular complexity index is 576. The van der Waals surface area contributed by atoms with Gasteiger partial charge >= 0.3 is 0 Å². The van der Waals surface area contributed by atoms with Crippen LogP contribution in [0.5, 0.6) is 5.75 Å². The molecule has 1 N–H and O–H groups in total. The summed E-state index contributed by atoms with van der Waals surface area (Å²) in [5.74, 6) is 1.31. The van der Waals surface area contributed by atoms with E-state index in [-0.39, 0.29) is 5.75 Å². The third kappa shape index (κ3) is 2.65. The average Bonchev–Trinajstić information content (AvgIpc) is 2.67. The number of aromatic hydroxyl groups is 1. The van der Waals surface area contributed by atoms with E-state index in [9.17, 15) is 5.11 Å². The number of halogens is 1. The lowest BCUT2D eigenvalue weighted by atomic mass is 10.1. The minimum atomic E-state index is 0.165. The second-order valence-electron chi connectivity index (χ2n) is 3.71. The van der Waals surface area contributed by atoms with Crippen LogP contribution in [0.3, 0.4) is 0 Å². The summed E-state index contributed by atoms with van der Waals surface area (Å²) >= 11 is 5.90. The fraction of sp³-hybridized carbons (Fsp3) is 0.167. The van der Waals surface area contributed by atoms with Crippen molar-refractivity contribution in [1.82, 2.24) is 5.16 Å². The first-order valence-electron chi connectivity index (χ1n) is 5.03. The number of aromatic nitrogens is 1. The van der Waals surface area contributed by atoms with Gasteiger partial charge in [-0.2, -0.15) is 0 Å². The van der Waals surface area contributed by atoms with Crippen LogP contribution >= 0.6 is 11.6 Å². The number of phenolic OH excluding ortho intramolecular Hbond substituents is 1. The van der Waals surface area contributed by atoms with Crippen LogP contribution in [0.1, 0.15) is 16.9 Å². The molecule has 0 aliphatic rings. The van der Waals surface area contributed by atoms with Crippen molar-refractivity contribution in [2.75, 3.05) is 0 Å². The molecule has 4 nitrogen and oxygen atoms in total. The molecular formula is C12H11ClN2O2. The number of rotatable bonds is 2. The highest BCUT2D eigenvalue weighted by atomic mass is 35.5. The lowest BCUT2D eigenvalue weighted by Crippen LogP contribution is -1.86. The zero-order chi connectivity index (χ0) is 12.4. The molecular weight excluding hydrogens is 240 g/mol. The molecule has 1 aromatic heterocycles. The first kappa shape index (κ1) is 11.7. The van der Waals surface area contributed by atoms with E-state index in [1.807, 2.05) is 0 Å². The van der Waals surface area contributed by atoms with Gasteiger partial charge in [-0.05, 0) is 31.5 Å². The van der Waals surface area contributed by atoms with Crippen molar-refractivity contribution < 1.29 is 9.63 Å². The van der Waals surface area contributed by atoms with E-state index in [1.165, 1.54) is 6.21 Å². The molecule has 0 saturated carbocycles. The van der Waals surface area contributed by atoms with Gasteiger partial charge in [-0.25, -0.2) is 4.99 Å². The van der Waals surface area contributed by atoms with Gasteiger partial charge in [0.05, 0.1) is 0 Å². The van der Waals surface area contributed by atoms with Gasteiger partial charge in [0.15, 0.2) is 5.82 Å². The van der Waals surface area contributed by atoms with Gasteiger partial charge < -0.3 is 9.63 Å². The summed E-state index contributed by atoms with van der Waals surface area (Å²) in [7, 11) is 0. The van der Waals surface area contributed by atoms with Gasteiger partial charge in [0.25, 0.3) is 0 Å². The highest BCUT2D eigenvalue weighted by Gasteiger charge is 2.04. The predicted octanol–water partition coefficient (Wildman–Crippen LogP) is 3.40. The summed E-state index contributed by atoms with van der Waals surface area (Å²) in [6, 6.07) is 5.03. The fourth-order valence-corrected chi connectivity index (χ4v) is 1.69. The summed E-state index contributed by atoms with van der Waals surface area (Å²) in [5.41, 5.74) is 1.26. The zero-order valence-electron chi connectivity index (χ0n) is 9.44. The molecule has 0 bridgehead atoms. The summed E-state index contributed by atoms with van der Waals surface area (Å²) in [5, 5.41) is 14.1. The third-order valence-electron chi connectivity index (χ3n) is 2.25. The van der Waals surface area contributed by atoms with Crippen LogP contribution in [-0.2, 0) is 0 Å². The number of benzene rings is 1. The molecule has 2 rings (SSSR count). The number of hydrogen-bond acceptors (Lipinski definition) is 4. The topological polar surface area (TPSA) is 58.6 Å². The van der Waals surface area contributed by atoms with Crippen LogP contribution in [0.4, 0.5) is 5.82 Å². The first-order chi connectivity index (χ1) is 8.06. The smallest absolute Gasteiger partial charge is 0.195 e. The SMILES string of the molecule is Cc1cc(/N=C/c2cc(Cl)cc(C)c2O)no1. The van der Waals surface area contributed by atoms with E-state index in [0.717, 1.165) is 0 Å². The first-order valence-corrected chi connectivity index (χ1v) is 5.40. The Morgan fingerprint density at radius 2 is 2.12 bits per heavy atom. The molecule has 0 spiro atoms. The van der Waals surface area contributed by atoms with E-state index >= 15 is 0 Å². The standard InChI is InChI=1S/C12H11ClN2O2/c1-7-3-10(13)5-9(12(7)16)6-14-11-4-8(2)17-15-11/h3-6,16H,1-2H3/b14-6+. The summed E-state index contributed by atoms with van der Waals surface area (Å²) in [6.07, 6.45) is 1.51. The van der Waals surface area contributed by atoms with Crippen LogP contribution in [-0.4, -0.2) is 16.5 Å². The van der Waals surface area contributed by atoms with Crippen molar-refractivity contribution in [3.05, 3.63) is 40.1 Å². The number of phenols is 1. The van der Waals surface area contributed by atoms with Crippen LogP contribution in [0.25, 0.3) is 0 Å². The molecule has 1 heterocycles. The Morgan fingerprint density at radius 3 is 2.76 bits per heavy atom. The van der Waals surface area contributed by atoms with Gasteiger partial charge in [-0.1, -0.05) is 16.8 Å². The van der Waals surface area contributed by atoms with Crippen LogP contribution < -0.4 is 0 Å². The number of aryl methyl sites for hydroxylation is 2. The summed E-state index contributed by atoms with van der Waals surface area (Å²) in [6.45, 7) is 3.56. The molecule has 2 aromatic rings. The molecule has 1 aromatic carbocycles. The molecule has 0 saturated heterocycles. The van der Waals surface area contributed by atoms with Gasteiger partial charge in [0, 0.05) is 22.9 Å². The van der Waals surface area contributed by atoms with Crippen molar-refractivity contribution in [2.24, 2.45) is 4.99 Å². The van der Waals surface area contributed by atoms with E-state index in [1.54, 1.807) is 32.0 Å². The molecule has 0 amide bonds. The molecule has 0 unspecified atom stereocenters. The monoisotopic (exact) mass is 250 g/mol. The number of hydrogen-bond donors (Lipinski definition) is 1. The van der Waals surface area contributed by atoms with Gasteiger partial charge in [-0.15, -0.1) is 0 Å². The Kier molecular flexibility index (Phi) is 3.15. The Labute approximate surface area is 104 Å². The maximum Gasteiger partial charge on any atom is 0.195 e. The minimum Gasteiger partial charge on any atom is -0.507 e. The second-order valence-corrected chi connectivity index (χ2v) is 4.15. The van der Waals surface area contributed by atoms with E-state index < -0.39 is 0 Å². The lowest BCUT2D eigenvalue weighted by molar-refractivity contribution is 0.399. The van der Waals surface area contributed by atoms with Crippen molar-refractivity contribution in [3.8, 4) is 5.75 Å². The molecule has 88 valence electrons. The van der Waals surface area contributed by atoms with Crippen molar-refractivity contribution in [3.63, 3.8) is 0 Å². The quantitative estimate of drug-likeness (QED) is 0.831. The average molecular weight is 251 g/mol. The minimum absolute atomic E-state index is 0.165. The second kappa shape index (κ2) is 4.59. The summed E-state index contributed by atoms with van der Waals surface area (Å²) in [4.78, 5) is 4.09. The highest BCUT2D eigenvalue weighted by Crippen LogP contribution is 2.25. The van der Waals surface area contributed by atoms with Crippen molar-refractivity contribution in [2.45, 2.75) is 13.8 Å². The molecule has 5 heteroatoms.